The molecule has 6 heteroatoms. The third-order valence-electron chi connectivity index (χ3n) is 1.99. The summed E-state index contributed by atoms with van der Waals surface area (Å²) in [6.45, 7) is 1.42. The molecule has 0 heterocycles. The lowest BCUT2D eigenvalue weighted by atomic mass is 10.2. The van der Waals surface area contributed by atoms with E-state index in [-0.39, 0.29) is 4.90 Å². The van der Waals surface area contributed by atoms with Crippen molar-refractivity contribution in [3.63, 3.8) is 0 Å². The van der Waals surface area contributed by atoms with Crippen LogP contribution < -0.4 is 0 Å². The van der Waals surface area contributed by atoms with Crippen LogP contribution in [0.2, 0.25) is 5.02 Å². The lowest BCUT2D eigenvalue weighted by Gasteiger charge is -2.05. The molecular formula is C10H11ClO4S. The van der Waals surface area contributed by atoms with Gasteiger partial charge in [-0.05, 0) is 24.1 Å². The van der Waals surface area contributed by atoms with Crippen LogP contribution in [0.5, 0.6) is 0 Å². The van der Waals surface area contributed by atoms with Gasteiger partial charge in [0.05, 0.1) is 4.90 Å². The average Bonchev–Trinajstić information content (AvgIpc) is 2.26. The highest BCUT2D eigenvalue weighted by molar-refractivity contribution is 7.86. The molecule has 16 heavy (non-hydrogen) atoms. The number of carbonyl (C=O) groups is 1. The Labute approximate surface area is 99.3 Å². The zero-order valence-corrected chi connectivity index (χ0v) is 10.2. The van der Waals surface area contributed by atoms with Crippen LogP contribution in [0.3, 0.4) is 0 Å². The maximum absolute atomic E-state index is 11.5. The normalized spacial score (nSPS) is 11.4. The highest BCUT2D eigenvalue weighted by Crippen LogP contribution is 2.22. The van der Waals surface area contributed by atoms with Crippen molar-refractivity contribution >= 4 is 28.0 Å². The fraction of sp³-hybridized carbons (Fsp3) is 0.300. The number of aryl methyl sites for hydroxylation is 1. The first-order chi connectivity index (χ1) is 7.51. The number of hydrogen-bond acceptors (Lipinski definition) is 4. The number of carbonyl (C=O) groups excluding carboxylic acids is 1. The van der Waals surface area contributed by atoms with Gasteiger partial charge in [-0.2, -0.15) is 8.42 Å². The number of benzene rings is 1. The zero-order chi connectivity index (χ0) is 12.2. The minimum absolute atomic E-state index is 0.0449. The quantitative estimate of drug-likeness (QED) is 0.600. The van der Waals surface area contributed by atoms with Crippen molar-refractivity contribution in [2.45, 2.75) is 18.2 Å². The monoisotopic (exact) mass is 262 g/mol. The second-order valence-electron chi connectivity index (χ2n) is 3.01. The van der Waals surface area contributed by atoms with Gasteiger partial charge in [-0.25, -0.2) is 0 Å². The highest BCUT2D eigenvalue weighted by atomic mass is 35.5. The van der Waals surface area contributed by atoms with Crippen LogP contribution in [-0.2, 0) is 25.5 Å². The van der Waals surface area contributed by atoms with Crippen LogP contribution >= 0.6 is 11.6 Å². The van der Waals surface area contributed by atoms with Crippen LogP contribution in [-0.4, -0.2) is 21.3 Å². The molecule has 0 radical (unpaired) electrons. The first kappa shape index (κ1) is 13.2. The standard InChI is InChI=1S/C10H11ClO4S/c1-2-8-3-4-9(7-10(8)11)16(13,14)15-6-5-12/h3-5,7H,2,6H2,1H3. The molecule has 0 aliphatic heterocycles. The third kappa shape index (κ3) is 3.04. The maximum atomic E-state index is 11.5. The molecule has 0 amide bonds. The van der Waals surface area contributed by atoms with Crippen LogP contribution in [0, 0.1) is 0 Å². The third-order valence-corrected chi connectivity index (χ3v) is 3.61. The van der Waals surface area contributed by atoms with Crippen molar-refractivity contribution in [1.82, 2.24) is 0 Å². The Balaban J connectivity index is 3.05. The van der Waals surface area contributed by atoms with E-state index in [9.17, 15) is 13.2 Å². The van der Waals surface area contributed by atoms with Crippen molar-refractivity contribution in [1.29, 1.82) is 0 Å². The fourth-order valence-corrected chi connectivity index (χ4v) is 2.40. The predicted molar refractivity (Wildman–Crippen MR) is 60.0 cm³/mol. The summed E-state index contributed by atoms with van der Waals surface area (Å²) in [6.07, 6.45) is 1.09. The zero-order valence-electron chi connectivity index (χ0n) is 8.64. The van der Waals surface area contributed by atoms with Crippen molar-refractivity contribution in [3.05, 3.63) is 28.8 Å². The minimum Gasteiger partial charge on any atom is -0.301 e. The number of hydrogen-bond donors (Lipinski definition) is 0. The van der Waals surface area contributed by atoms with E-state index in [2.05, 4.69) is 4.18 Å². The van der Waals surface area contributed by atoms with Crippen LogP contribution in [0.1, 0.15) is 12.5 Å². The van der Waals surface area contributed by atoms with Crippen LogP contribution in [0.4, 0.5) is 0 Å². The van der Waals surface area contributed by atoms with Gasteiger partial charge in [0.2, 0.25) is 0 Å². The molecule has 0 N–H and O–H groups in total. The molecule has 4 nitrogen and oxygen atoms in total. The lowest BCUT2D eigenvalue weighted by molar-refractivity contribution is -0.109. The summed E-state index contributed by atoms with van der Waals surface area (Å²) >= 11 is 5.88. The average molecular weight is 263 g/mol. The summed E-state index contributed by atoms with van der Waals surface area (Å²) in [5.74, 6) is 0. The second kappa shape index (κ2) is 5.43. The molecular weight excluding hydrogens is 252 g/mol. The predicted octanol–water partition coefficient (Wildman–Crippen LogP) is 1.81. The van der Waals surface area contributed by atoms with Gasteiger partial charge in [-0.15, -0.1) is 0 Å². The first-order valence-electron chi connectivity index (χ1n) is 4.62. The van der Waals surface area contributed by atoms with Crippen molar-refractivity contribution in [3.8, 4) is 0 Å². The SMILES string of the molecule is CCc1ccc(S(=O)(=O)OCC=O)cc1Cl. The second-order valence-corrected chi connectivity index (χ2v) is 5.03. The number of halogens is 1. The molecule has 0 unspecified atom stereocenters. The molecule has 0 aliphatic carbocycles. The van der Waals surface area contributed by atoms with E-state index in [1.54, 1.807) is 6.07 Å². The van der Waals surface area contributed by atoms with Gasteiger partial charge < -0.3 is 4.79 Å². The summed E-state index contributed by atoms with van der Waals surface area (Å²) in [5, 5.41) is 0.373. The highest BCUT2D eigenvalue weighted by Gasteiger charge is 2.16. The fourth-order valence-electron chi connectivity index (χ4n) is 1.16. The number of aldehydes is 1. The van der Waals surface area contributed by atoms with Gasteiger partial charge in [-0.1, -0.05) is 24.6 Å². The van der Waals surface area contributed by atoms with Gasteiger partial charge in [0.1, 0.15) is 12.9 Å². The molecule has 1 aromatic rings. The molecule has 0 aliphatic rings. The van der Waals surface area contributed by atoms with E-state index < -0.39 is 16.7 Å². The Hall–Kier alpha value is -0.910. The molecule has 1 rings (SSSR count). The molecule has 0 saturated heterocycles. The Morgan fingerprint density at radius 1 is 1.44 bits per heavy atom. The first-order valence-corrected chi connectivity index (χ1v) is 6.41. The Morgan fingerprint density at radius 2 is 2.12 bits per heavy atom. The molecule has 0 fully saturated rings. The Kier molecular flexibility index (Phi) is 4.46. The minimum atomic E-state index is -3.89. The van der Waals surface area contributed by atoms with Crippen LogP contribution in [0.15, 0.2) is 23.1 Å². The Morgan fingerprint density at radius 3 is 2.62 bits per heavy atom. The summed E-state index contributed by atoms with van der Waals surface area (Å²) in [6, 6.07) is 4.35. The van der Waals surface area contributed by atoms with Gasteiger partial charge in [0, 0.05) is 5.02 Å². The lowest BCUT2D eigenvalue weighted by Crippen LogP contribution is -2.08. The summed E-state index contributed by atoms with van der Waals surface area (Å²) in [7, 11) is -3.89. The van der Waals surface area contributed by atoms with E-state index in [4.69, 9.17) is 11.6 Å². The smallest absolute Gasteiger partial charge is 0.297 e. The van der Waals surface area contributed by atoms with Crippen LogP contribution in [0.25, 0.3) is 0 Å². The molecule has 0 bridgehead atoms. The molecule has 0 aromatic heterocycles. The molecule has 0 spiro atoms. The number of rotatable bonds is 5. The largest absolute Gasteiger partial charge is 0.301 e. The van der Waals surface area contributed by atoms with Crippen molar-refractivity contribution in [2.24, 2.45) is 0 Å². The van der Waals surface area contributed by atoms with E-state index in [1.807, 2.05) is 6.92 Å². The van der Waals surface area contributed by atoms with Gasteiger partial charge in [0.25, 0.3) is 10.1 Å². The molecule has 0 saturated carbocycles. The van der Waals surface area contributed by atoms with E-state index in [0.717, 1.165) is 5.56 Å². The van der Waals surface area contributed by atoms with E-state index in [1.165, 1.54) is 12.1 Å². The van der Waals surface area contributed by atoms with Crippen molar-refractivity contribution < 1.29 is 17.4 Å². The Bertz CT molecular complexity index is 482. The van der Waals surface area contributed by atoms with Gasteiger partial charge in [-0.3, -0.25) is 4.18 Å². The topological polar surface area (TPSA) is 60.4 Å². The molecule has 0 atom stereocenters. The summed E-state index contributed by atoms with van der Waals surface area (Å²) < 4.78 is 27.4. The van der Waals surface area contributed by atoms with E-state index in [0.29, 0.717) is 17.7 Å². The van der Waals surface area contributed by atoms with Crippen molar-refractivity contribution in [2.75, 3.05) is 6.61 Å². The van der Waals surface area contributed by atoms with Gasteiger partial charge in [0.15, 0.2) is 0 Å². The summed E-state index contributed by atoms with van der Waals surface area (Å²) in [4.78, 5) is 9.99. The van der Waals surface area contributed by atoms with E-state index >= 15 is 0 Å². The van der Waals surface area contributed by atoms with Gasteiger partial charge >= 0.3 is 0 Å². The maximum Gasteiger partial charge on any atom is 0.297 e. The summed E-state index contributed by atoms with van der Waals surface area (Å²) in [5.41, 5.74) is 0.857. The molecule has 88 valence electrons. The molecule has 1 aromatic carbocycles.